The van der Waals surface area contributed by atoms with E-state index in [0.29, 0.717) is 25.8 Å². The Morgan fingerprint density at radius 3 is 1.97 bits per heavy atom. The number of carbonyl (C=O) groups is 2. The van der Waals surface area contributed by atoms with Crippen LogP contribution < -0.4 is 5.32 Å². The van der Waals surface area contributed by atoms with Crippen LogP contribution in [0.25, 0.3) is 0 Å². The lowest BCUT2D eigenvalue weighted by atomic mass is 10.0. The fourth-order valence-electron chi connectivity index (χ4n) is 3.65. The summed E-state index contributed by atoms with van der Waals surface area (Å²) in [5.74, 6) is -0.169. The number of likely N-dealkylation sites (N-methyl/N-ethyl adjacent to an activating group) is 1. The first kappa shape index (κ1) is 22.3. The van der Waals surface area contributed by atoms with Crippen LogP contribution in [0.2, 0.25) is 0 Å². The lowest BCUT2D eigenvalue weighted by Crippen LogP contribution is -2.49. The molecule has 4 heteroatoms. The molecule has 31 heavy (non-hydrogen) atoms. The van der Waals surface area contributed by atoms with Crippen molar-refractivity contribution in [1.82, 2.24) is 10.2 Å². The highest BCUT2D eigenvalue weighted by molar-refractivity contribution is 5.88. The molecule has 0 aliphatic carbocycles. The van der Waals surface area contributed by atoms with Gasteiger partial charge in [0.2, 0.25) is 11.8 Å². The molecule has 0 bridgehead atoms. The number of nitrogens with zero attached hydrogens (tertiary/aromatic N) is 1. The van der Waals surface area contributed by atoms with Gasteiger partial charge in [0.15, 0.2) is 0 Å². The van der Waals surface area contributed by atoms with Crippen molar-refractivity contribution in [3.8, 4) is 0 Å². The molecule has 0 aliphatic rings. The fourth-order valence-corrected chi connectivity index (χ4v) is 3.65. The number of rotatable bonds is 9. The normalized spacial score (nSPS) is 11.5. The second-order valence-electron chi connectivity index (χ2n) is 7.81. The van der Waals surface area contributed by atoms with Crippen LogP contribution in [0.15, 0.2) is 84.9 Å². The summed E-state index contributed by atoms with van der Waals surface area (Å²) in [5, 5.41) is 2.75. The minimum Gasteiger partial charge on any atom is -0.357 e. The summed E-state index contributed by atoms with van der Waals surface area (Å²) in [7, 11) is 1.62. The third-order valence-corrected chi connectivity index (χ3v) is 5.46. The Kier molecular flexibility index (Phi) is 7.99. The maximum atomic E-state index is 13.4. The predicted molar refractivity (Wildman–Crippen MR) is 124 cm³/mol. The van der Waals surface area contributed by atoms with Crippen LogP contribution in [0.4, 0.5) is 0 Å². The van der Waals surface area contributed by atoms with E-state index >= 15 is 0 Å². The van der Waals surface area contributed by atoms with Crippen molar-refractivity contribution in [2.24, 2.45) is 0 Å². The van der Waals surface area contributed by atoms with E-state index in [1.54, 1.807) is 11.9 Å². The van der Waals surface area contributed by atoms with Crippen molar-refractivity contribution in [2.45, 2.75) is 38.8 Å². The van der Waals surface area contributed by atoms with E-state index in [4.69, 9.17) is 0 Å². The van der Waals surface area contributed by atoms with Crippen molar-refractivity contribution in [3.63, 3.8) is 0 Å². The highest BCUT2D eigenvalue weighted by Crippen LogP contribution is 2.17. The molecule has 1 atom stereocenters. The number of hydrogen-bond donors (Lipinski definition) is 1. The number of amides is 2. The minimum absolute atomic E-state index is 0.0195. The molecular weight excluding hydrogens is 384 g/mol. The van der Waals surface area contributed by atoms with Gasteiger partial charge in [-0.1, -0.05) is 90.5 Å². The molecule has 0 fully saturated rings. The van der Waals surface area contributed by atoms with E-state index in [9.17, 15) is 9.59 Å². The largest absolute Gasteiger partial charge is 0.357 e. The molecule has 0 spiro atoms. The summed E-state index contributed by atoms with van der Waals surface area (Å²) in [6.07, 6.45) is 1.48. The molecule has 0 aliphatic heterocycles. The third kappa shape index (κ3) is 6.54. The summed E-state index contributed by atoms with van der Waals surface area (Å²) in [6.45, 7) is 2.45. The Morgan fingerprint density at radius 2 is 1.39 bits per heavy atom. The van der Waals surface area contributed by atoms with Crippen molar-refractivity contribution < 1.29 is 9.59 Å². The van der Waals surface area contributed by atoms with Crippen LogP contribution in [0.5, 0.6) is 0 Å². The van der Waals surface area contributed by atoms with Gasteiger partial charge in [-0.25, -0.2) is 0 Å². The van der Waals surface area contributed by atoms with Gasteiger partial charge in [0.1, 0.15) is 6.04 Å². The first-order valence-corrected chi connectivity index (χ1v) is 10.7. The first-order chi connectivity index (χ1) is 15.1. The molecule has 0 saturated heterocycles. The molecule has 2 amide bonds. The Labute approximate surface area is 184 Å². The molecule has 4 nitrogen and oxygen atoms in total. The molecule has 0 saturated carbocycles. The van der Waals surface area contributed by atoms with E-state index < -0.39 is 6.04 Å². The topological polar surface area (TPSA) is 49.4 Å². The predicted octanol–water partition coefficient (Wildman–Crippen LogP) is 4.31. The van der Waals surface area contributed by atoms with Gasteiger partial charge in [-0.3, -0.25) is 9.59 Å². The van der Waals surface area contributed by atoms with Gasteiger partial charge in [-0.15, -0.1) is 0 Å². The van der Waals surface area contributed by atoms with Crippen LogP contribution in [0.1, 0.15) is 28.7 Å². The standard InChI is InChI=1S/C27H30N2O2/c1-21-13-15-22(16-14-21)17-18-26(30)29(20-24-11-7-4-8-12-24)25(27(31)28-2)19-23-9-5-3-6-10-23/h3-16,25H,17-20H2,1-2H3,(H,28,31). The van der Waals surface area contributed by atoms with Crippen molar-refractivity contribution in [1.29, 1.82) is 0 Å². The van der Waals surface area contributed by atoms with E-state index in [0.717, 1.165) is 16.7 Å². The number of benzene rings is 3. The van der Waals surface area contributed by atoms with Crippen molar-refractivity contribution >= 4 is 11.8 Å². The zero-order valence-corrected chi connectivity index (χ0v) is 18.3. The number of hydrogen-bond acceptors (Lipinski definition) is 2. The summed E-state index contributed by atoms with van der Waals surface area (Å²) < 4.78 is 0. The van der Waals surface area contributed by atoms with Gasteiger partial charge in [0, 0.05) is 26.4 Å². The van der Waals surface area contributed by atoms with Crippen LogP contribution in [-0.2, 0) is 29.0 Å². The lowest BCUT2D eigenvalue weighted by Gasteiger charge is -2.31. The summed E-state index contributed by atoms with van der Waals surface area (Å²) in [6, 6.07) is 27.4. The van der Waals surface area contributed by atoms with Gasteiger partial charge >= 0.3 is 0 Å². The van der Waals surface area contributed by atoms with E-state index in [1.165, 1.54) is 5.56 Å². The molecular formula is C27H30N2O2. The smallest absolute Gasteiger partial charge is 0.242 e. The molecule has 1 unspecified atom stereocenters. The van der Waals surface area contributed by atoms with Gasteiger partial charge in [-0.2, -0.15) is 0 Å². The van der Waals surface area contributed by atoms with Crippen LogP contribution >= 0.6 is 0 Å². The quantitative estimate of drug-likeness (QED) is 0.567. The molecule has 3 aromatic rings. The molecule has 1 N–H and O–H groups in total. The first-order valence-electron chi connectivity index (χ1n) is 10.7. The number of nitrogens with one attached hydrogen (secondary N) is 1. The Balaban J connectivity index is 1.83. The average molecular weight is 415 g/mol. The van der Waals surface area contributed by atoms with E-state index in [2.05, 4.69) is 29.6 Å². The molecule has 160 valence electrons. The van der Waals surface area contributed by atoms with Crippen LogP contribution in [0.3, 0.4) is 0 Å². The SMILES string of the molecule is CNC(=O)C(Cc1ccccc1)N(Cc1ccccc1)C(=O)CCc1ccc(C)cc1. The molecule has 3 aromatic carbocycles. The molecule has 3 rings (SSSR count). The summed E-state index contributed by atoms with van der Waals surface area (Å²) >= 11 is 0. The van der Waals surface area contributed by atoms with Crippen molar-refractivity contribution in [3.05, 3.63) is 107 Å². The second kappa shape index (κ2) is 11.1. The molecule has 0 heterocycles. The van der Waals surface area contributed by atoms with Gasteiger partial charge in [0.25, 0.3) is 0 Å². The fraction of sp³-hybridized carbons (Fsp3) is 0.259. The average Bonchev–Trinajstić information content (AvgIpc) is 2.81. The Morgan fingerprint density at radius 1 is 0.806 bits per heavy atom. The zero-order valence-electron chi connectivity index (χ0n) is 18.3. The highest BCUT2D eigenvalue weighted by Gasteiger charge is 2.29. The van der Waals surface area contributed by atoms with Crippen LogP contribution in [0, 0.1) is 6.92 Å². The van der Waals surface area contributed by atoms with Crippen molar-refractivity contribution in [2.75, 3.05) is 7.05 Å². The highest BCUT2D eigenvalue weighted by atomic mass is 16.2. The maximum Gasteiger partial charge on any atom is 0.242 e. The third-order valence-electron chi connectivity index (χ3n) is 5.46. The summed E-state index contributed by atoms with van der Waals surface area (Å²) in [5.41, 5.74) is 4.36. The zero-order chi connectivity index (χ0) is 22.1. The number of aryl methyl sites for hydroxylation is 2. The van der Waals surface area contributed by atoms with Gasteiger partial charge in [-0.05, 0) is 30.0 Å². The number of carbonyl (C=O) groups excluding carboxylic acids is 2. The minimum atomic E-state index is -0.571. The molecule has 0 aromatic heterocycles. The van der Waals surface area contributed by atoms with Gasteiger partial charge in [0.05, 0.1) is 0 Å². The van der Waals surface area contributed by atoms with Gasteiger partial charge < -0.3 is 10.2 Å². The maximum absolute atomic E-state index is 13.4. The Bertz CT molecular complexity index is 969. The molecule has 0 radical (unpaired) electrons. The second-order valence-corrected chi connectivity index (χ2v) is 7.81. The van der Waals surface area contributed by atoms with E-state index in [1.807, 2.05) is 67.6 Å². The monoisotopic (exact) mass is 414 g/mol. The summed E-state index contributed by atoms with van der Waals surface area (Å²) in [4.78, 5) is 28.0. The van der Waals surface area contributed by atoms with Crippen LogP contribution in [-0.4, -0.2) is 29.8 Å². The lowest BCUT2D eigenvalue weighted by molar-refractivity contribution is -0.141. The Hall–Kier alpha value is -3.40. The van der Waals surface area contributed by atoms with E-state index in [-0.39, 0.29) is 11.8 Å².